The number of aliphatic hydroxyl groups is 1. The maximum Gasteiger partial charge on any atom is 0.302 e. The minimum Gasteiger partial charge on any atom is -0.462 e. The number of allylic oxidation sites excluding steroid dienone is 1. The van der Waals surface area contributed by atoms with Crippen LogP contribution in [-0.2, 0) is 14.3 Å². The van der Waals surface area contributed by atoms with Crippen LogP contribution in [-0.4, -0.2) is 35.0 Å². The van der Waals surface area contributed by atoms with E-state index in [1.54, 1.807) is 0 Å². The summed E-state index contributed by atoms with van der Waals surface area (Å²) in [4.78, 5) is 11.8. The monoisotopic (exact) mass is 362 g/mol. The van der Waals surface area contributed by atoms with Gasteiger partial charge in [0.25, 0.3) is 0 Å². The molecule has 0 spiro atoms. The van der Waals surface area contributed by atoms with Crippen LogP contribution in [0.5, 0.6) is 0 Å². The largest absolute Gasteiger partial charge is 0.462 e. The zero-order valence-electron chi connectivity index (χ0n) is 16.7. The van der Waals surface area contributed by atoms with Crippen LogP contribution in [0.25, 0.3) is 0 Å². The SMILES string of the molecule is C=C(C)[C@H]1C[C@H](OC(C)=O)[C@]2(C)C[C@H]3O[C@@]3(C)CC[C@H](O)C(=C)CC[C@@H]12. The maximum absolute atomic E-state index is 11.8. The van der Waals surface area contributed by atoms with E-state index in [4.69, 9.17) is 9.47 Å². The molecule has 4 heteroatoms. The van der Waals surface area contributed by atoms with Gasteiger partial charge in [-0.3, -0.25) is 4.79 Å². The van der Waals surface area contributed by atoms with Crippen molar-refractivity contribution in [1.82, 2.24) is 0 Å². The number of ether oxygens (including phenoxy) is 2. The molecule has 0 bridgehead atoms. The smallest absolute Gasteiger partial charge is 0.302 e. The number of fused-ring (bicyclic) bond motifs is 2. The molecule has 3 aliphatic rings. The zero-order chi connectivity index (χ0) is 19.3. The Morgan fingerprint density at radius 1 is 1.31 bits per heavy atom. The van der Waals surface area contributed by atoms with E-state index in [2.05, 4.69) is 33.9 Å². The Morgan fingerprint density at radius 3 is 2.62 bits per heavy atom. The van der Waals surface area contributed by atoms with E-state index in [9.17, 15) is 9.90 Å². The van der Waals surface area contributed by atoms with Crippen LogP contribution in [0.4, 0.5) is 0 Å². The molecule has 3 fully saturated rings. The molecule has 0 unspecified atom stereocenters. The van der Waals surface area contributed by atoms with Gasteiger partial charge in [-0.25, -0.2) is 0 Å². The van der Waals surface area contributed by atoms with Gasteiger partial charge in [0.1, 0.15) is 6.10 Å². The average molecular weight is 363 g/mol. The predicted molar refractivity (Wildman–Crippen MR) is 102 cm³/mol. The molecule has 1 saturated heterocycles. The number of esters is 1. The summed E-state index contributed by atoms with van der Waals surface area (Å²) in [5, 5.41) is 10.5. The van der Waals surface area contributed by atoms with Gasteiger partial charge in [-0.1, -0.05) is 25.7 Å². The molecular weight excluding hydrogens is 328 g/mol. The molecule has 7 atom stereocenters. The fourth-order valence-electron chi connectivity index (χ4n) is 5.41. The van der Waals surface area contributed by atoms with Crippen LogP contribution in [0.3, 0.4) is 0 Å². The van der Waals surface area contributed by atoms with Crippen LogP contribution in [0.15, 0.2) is 24.3 Å². The topological polar surface area (TPSA) is 59.1 Å². The molecule has 0 aromatic rings. The Hall–Kier alpha value is -1.13. The van der Waals surface area contributed by atoms with Crippen LogP contribution < -0.4 is 0 Å². The van der Waals surface area contributed by atoms with Crippen molar-refractivity contribution in [2.24, 2.45) is 17.3 Å². The van der Waals surface area contributed by atoms with Crippen molar-refractivity contribution in [2.45, 2.75) is 90.1 Å². The van der Waals surface area contributed by atoms with Gasteiger partial charge < -0.3 is 14.6 Å². The Morgan fingerprint density at radius 2 is 2.00 bits per heavy atom. The highest BCUT2D eigenvalue weighted by Crippen LogP contribution is 2.59. The molecule has 2 saturated carbocycles. The molecule has 26 heavy (non-hydrogen) atoms. The highest BCUT2D eigenvalue weighted by Gasteiger charge is 2.61. The van der Waals surface area contributed by atoms with E-state index >= 15 is 0 Å². The third-order valence-corrected chi connectivity index (χ3v) is 7.30. The molecule has 2 aliphatic carbocycles. The number of hydrogen-bond acceptors (Lipinski definition) is 4. The van der Waals surface area contributed by atoms with E-state index < -0.39 is 6.10 Å². The van der Waals surface area contributed by atoms with Crippen LogP contribution >= 0.6 is 0 Å². The summed E-state index contributed by atoms with van der Waals surface area (Å²) >= 11 is 0. The zero-order valence-corrected chi connectivity index (χ0v) is 16.7. The fraction of sp³-hybridized carbons (Fsp3) is 0.773. The minimum absolute atomic E-state index is 0.112. The second-order valence-corrected chi connectivity index (χ2v) is 9.27. The van der Waals surface area contributed by atoms with Crippen LogP contribution in [0.2, 0.25) is 0 Å². The predicted octanol–water partition coefficient (Wildman–Crippen LogP) is 4.18. The Labute approximate surface area is 157 Å². The van der Waals surface area contributed by atoms with E-state index in [1.165, 1.54) is 6.92 Å². The molecule has 0 aromatic heterocycles. The molecular formula is C22H34O4. The maximum atomic E-state index is 11.8. The van der Waals surface area contributed by atoms with Gasteiger partial charge in [-0.2, -0.15) is 0 Å². The number of aliphatic hydroxyl groups excluding tert-OH is 1. The lowest BCUT2D eigenvalue weighted by Gasteiger charge is -2.38. The lowest BCUT2D eigenvalue weighted by molar-refractivity contribution is -0.152. The Bertz CT molecular complexity index is 611. The summed E-state index contributed by atoms with van der Waals surface area (Å²) in [6, 6.07) is 0. The third-order valence-electron chi connectivity index (χ3n) is 7.30. The highest BCUT2D eigenvalue weighted by atomic mass is 16.6. The van der Waals surface area contributed by atoms with Gasteiger partial charge in [0.15, 0.2) is 0 Å². The van der Waals surface area contributed by atoms with E-state index in [-0.39, 0.29) is 29.2 Å². The summed E-state index contributed by atoms with van der Waals surface area (Å²) in [7, 11) is 0. The molecule has 4 nitrogen and oxygen atoms in total. The van der Waals surface area contributed by atoms with Crippen molar-refractivity contribution < 1.29 is 19.4 Å². The van der Waals surface area contributed by atoms with Crippen molar-refractivity contribution in [3.63, 3.8) is 0 Å². The molecule has 3 rings (SSSR count). The molecule has 0 radical (unpaired) electrons. The number of epoxide rings is 1. The Kier molecular flexibility index (Phi) is 5.13. The van der Waals surface area contributed by atoms with Crippen molar-refractivity contribution in [3.05, 3.63) is 24.3 Å². The summed E-state index contributed by atoms with van der Waals surface area (Å²) < 4.78 is 11.9. The molecule has 146 valence electrons. The first-order valence-electron chi connectivity index (χ1n) is 9.93. The highest BCUT2D eigenvalue weighted by molar-refractivity contribution is 5.66. The summed E-state index contributed by atoms with van der Waals surface area (Å²) in [5.41, 5.74) is 1.73. The van der Waals surface area contributed by atoms with Crippen LogP contribution in [0.1, 0.15) is 66.2 Å². The van der Waals surface area contributed by atoms with Gasteiger partial charge in [0.05, 0.1) is 17.8 Å². The minimum atomic E-state index is -0.463. The number of carbonyl (C=O) groups excluding carboxylic acids is 1. The first-order chi connectivity index (χ1) is 12.1. The molecule has 0 aromatic carbocycles. The first-order valence-corrected chi connectivity index (χ1v) is 9.93. The average Bonchev–Trinajstić information content (AvgIpc) is 3.09. The van der Waals surface area contributed by atoms with Gasteiger partial charge in [0, 0.05) is 12.3 Å². The van der Waals surface area contributed by atoms with E-state index in [0.29, 0.717) is 18.3 Å². The fourth-order valence-corrected chi connectivity index (χ4v) is 5.41. The van der Waals surface area contributed by atoms with Crippen LogP contribution in [0, 0.1) is 17.3 Å². The normalized spacial score (nSPS) is 45.9. The second kappa shape index (κ2) is 6.79. The van der Waals surface area contributed by atoms with Gasteiger partial charge in [-0.15, -0.1) is 0 Å². The summed E-state index contributed by atoms with van der Waals surface area (Å²) in [5.74, 6) is 0.450. The van der Waals surface area contributed by atoms with Crippen molar-refractivity contribution in [3.8, 4) is 0 Å². The van der Waals surface area contributed by atoms with Crippen molar-refractivity contribution in [1.29, 1.82) is 0 Å². The number of hydrogen-bond donors (Lipinski definition) is 1. The van der Waals surface area contributed by atoms with E-state index in [0.717, 1.165) is 43.3 Å². The molecule has 1 N–H and O–H groups in total. The molecule has 1 heterocycles. The molecule has 1 aliphatic heterocycles. The lowest BCUT2D eigenvalue weighted by atomic mass is 9.68. The standard InChI is InChI=1S/C22H34O4/c1-13(2)16-11-19(25-15(4)23)21(5)12-20-22(6,26-20)10-9-18(24)14(3)7-8-17(16)21/h16-20,24H,1,3,7-12H2,2,4-6H3/t16-,17+,18+,19+,20-,21-,22+/m1/s1. The quantitative estimate of drug-likeness (QED) is 0.455. The van der Waals surface area contributed by atoms with Crippen molar-refractivity contribution >= 4 is 5.97 Å². The van der Waals surface area contributed by atoms with Gasteiger partial charge in [0.2, 0.25) is 0 Å². The van der Waals surface area contributed by atoms with Gasteiger partial charge in [-0.05, 0) is 69.8 Å². The number of carbonyl (C=O) groups is 1. The van der Waals surface area contributed by atoms with Crippen molar-refractivity contribution in [2.75, 3.05) is 0 Å². The molecule has 0 amide bonds. The lowest BCUT2D eigenvalue weighted by Crippen LogP contribution is -2.38. The second-order valence-electron chi connectivity index (χ2n) is 9.27. The third kappa shape index (κ3) is 3.50. The first kappa shape index (κ1) is 19.6. The summed E-state index contributed by atoms with van der Waals surface area (Å²) in [6.45, 7) is 16.3. The number of rotatable bonds is 2. The summed E-state index contributed by atoms with van der Waals surface area (Å²) in [6.07, 6.45) is 4.58. The Balaban J connectivity index is 1.94. The van der Waals surface area contributed by atoms with Gasteiger partial charge >= 0.3 is 5.97 Å². The van der Waals surface area contributed by atoms with E-state index in [1.807, 2.05) is 0 Å².